The third-order valence-electron chi connectivity index (χ3n) is 4.69. The van der Waals surface area contributed by atoms with Gasteiger partial charge in [-0.3, -0.25) is 4.79 Å². The molecule has 1 aromatic rings. The van der Waals surface area contributed by atoms with Crippen LogP contribution in [0.15, 0.2) is 30.3 Å². The third kappa shape index (κ3) is 3.82. The van der Waals surface area contributed by atoms with Gasteiger partial charge in [0.2, 0.25) is 5.91 Å². The highest BCUT2D eigenvalue weighted by Crippen LogP contribution is 2.21. The predicted molar refractivity (Wildman–Crippen MR) is 89.2 cm³/mol. The lowest BCUT2D eigenvalue weighted by molar-refractivity contribution is -0.134. The van der Waals surface area contributed by atoms with Gasteiger partial charge < -0.3 is 20.4 Å². The van der Waals surface area contributed by atoms with Crippen molar-refractivity contribution in [1.82, 2.24) is 15.1 Å². The smallest absolute Gasteiger partial charge is 0.319 e. The monoisotopic (exact) mass is 316 g/mol. The molecular weight excluding hydrogens is 292 g/mol. The Labute approximate surface area is 136 Å². The van der Waals surface area contributed by atoms with E-state index in [1.807, 2.05) is 35.2 Å². The Morgan fingerprint density at radius 3 is 2.48 bits per heavy atom. The third-order valence-corrected chi connectivity index (χ3v) is 4.69. The van der Waals surface area contributed by atoms with E-state index in [2.05, 4.69) is 15.5 Å². The molecule has 23 heavy (non-hydrogen) atoms. The number of amides is 3. The summed E-state index contributed by atoms with van der Waals surface area (Å²) >= 11 is 0. The summed E-state index contributed by atoms with van der Waals surface area (Å²) in [4.78, 5) is 29.1. The number of urea groups is 1. The predicted octanol–water partition coefficient (Wildman–Crippen LogP) is 1.50. The molecule has 0 radical (unpaired) electrons. The number of nitrogens with one attached hydrogen (secondary N) is 2. The number of anilines is 1. The molecule has 0 spiro atoms. The molecule has 6 nitrogen and oxygen atoms in total. The Bertz CT molecular complexity index is 555. The molecule has 124 valence electrons. The second kappa shape index (κ2) is 7.00. The molecule has 0 unspecified atom stereocenters. The van der Waals surface area contributed by atoms with Crippen LogP contribution in [-0.4, -0.2) is 60.0 Å². The number of nitrogens with zero attached hydrogens (tertiary/aromatic N) is 2. The minimum Gasteiger partial charge on any atom is -0.337 e. The van der Waals surface area contributed by atoms with Gasteiger partial charge in [-0.2, -0.15) is 0 Å². The van der Waals surface area contributed by atoms with E-state index in [1.54, 1.807) is 6.92 Å². The summed E-state index contributed by atoms with van der Waals surface area (Å²) in [6.45, 7) is 5.60. The van der Waals surface area contributed by atoms with Crippen molar-refractivity contribution in [2.75, 3.05) is 31.5 Å². The van der Waals surface area contributed by atoms with Crippen LogP contribution in [-0.2, 0) is 4.79 Å². The van der Waals surface area contributed by atoms with Crippen molar-refractivity contribution in [3.63, 3.8) is 0 Å². The molecule has 3 amide bonds. The summed E-state index contributed by atoms with van der Waals surface area (Å²) in [7, 11) is 0. The zero-order valence-corrected chi connectivity index (χ0v) is 13.5. The fraction of sp³-hybridized carbons (Fsp3) is 0.529. The van der Waals surface area contributed by atoms with Gasteiger partial charge in [0.15, 0.2) is 0 Å². The molecule has 3 saturated heterocycles. The molecule has 4 rings (SSSR count). The molecule has 3 aliphatic heterocycles. The van der Waals surface area contributed by atoms with E-state index in [0.29, 0.717) is 11.7 Å². The van der Waals surface area contributed by atoms with Gasteiger partial charge in [-0.05, 0) is 31.9 Å². The molecule has 3 fully saturated rings. The van der Waals surface area contributed by atoms with Crippen LogP contribution in [0.5, 0.6) is 0 Å². The van der Waals surface area contributed by atoms with Gasteiger partial charge in [-0.25, -0.2) is 4.79 Å². The maximum Gasteiger partial charge on any atom is 0.319 e. The van der Waals surface area contributed by atoms with Crippen LogP contribution in [0.25, 0.3) is 0 Å². The highest BCUT2D eigenvalue weighted by atomic mass is 16.2. The number of hydrogen-bond acceptors (Lipinski definition) is 3. The summed E-state index contributed by atoms with van der Waals surface area (Å²) in [5, 5.41) is 5.50. The van der Waals surface area contributed by atoms with E-state index in [1.165, 1.54) is 0 Å². The van der Waals surface area contributed by atoms with Crippen LogP contribution < -0.4 is 10.6 Å². The Morgan fingerprint density at radius 1 is 1.09 bits per heavy atom. The molecule has 2 N–H and O–H groups in total. The van der Waals surface area contributed by atoms with Crippen molar-refractivity contribution < 1.29 is 9.59 Å². The van der Waals surface area contributed by atoms with Gasteiger partial charge in [-0.1, -0.05) is 18.2 Å². The molecule has 1 atom stereocenters. The fourth-order valence-corrected chi connectivity index (χ4v) is 3.37. The first kappa shape index (κ1) is 15.8. The van der Waals surface area contributed by atoms with E-state index < -0.39 is 6.04 Å². The van der Waals surface area contributed by atoms with Crippen molar-refractivity contribution in [3.8, 4) is 0 Å². The van der Waals surface area contributed by atoms with E-state index in [4.69, 9.17) is 0 Å². The largest absolute Gasteiger partial charge is 0.337 e. The highest BCUT2D eigenvalue weighted by Gasteiger charge is 2.33. The van der Waals surface area contributed by atoms with Gasteiger partial charge in [0, 0.05) is 37.9 Å². The van der Waals surface area contributed by atoms with Crippen molar-refractivity contribution in [2.24, 2.45) is 0 Å². The SMILES string of the molecule is C[C@@H](NC(=O)Nc1ccccc1)C(=O)N1CCN2CCC1CC2. The van der Waals surface area contributed by atoms with E-state index in [-0.39, 0.29) is 11.9 Å². The van der Waals surface area contributed by atoms with Crippen LogP contribution in [0, 0.1) is 0 Å². The molecule has 3 heterocycles. The second-order valence-corrected chi connectivity index (χ2v) is 6.29. The summed E-state index contributed by atoms with van der Waals surface area (Å²) in [5.74, 6) is 0.0157. The highest BCUT2D eigenvalue weighted by molar-refractivity contribution is 5.93. The van der Waals surface area contributed by atoms with Crippen LogP contribution >= 0.6 is 0 Å². The topological polar surface area (TPSA) is 64.7 Å². The number of hydrogen-bond donors (Lipinski definition) is 2. The molecule has 0 aromatic heterocycles. The molecule has 0 aliphatic carbocycles. The van der Waals surface area contributed by atoms with Crippen LogP contribution in [0.1, 0.15) is 19.8 Å². The number of fused-ring (bicyclic) bond motifs is 4. The van der Waals surface area contributed by atoms with Crippen molar-refractivity contribution in [1.29, 1.82) is 0 Å². The van der Waals surface area contributed by atoms with Gasteiger partial charge >= 0.3 is 6.03 Å². The van der Waals surface area contributed by atoms with Gasteiger partial charge in [0.05, 0.1) is 0 Å². The van der Waals surface area contributed by atoms with Crippen molar-refractivity contribution >= 4 is 17.6 Å². The molecule has 6 heteroatoms. The molecule has 1 aromatic carbocycles. The molecule has 0 saturated carbocycles. The van der Waals surface area contributed by atoms with Crippen molar-refractivity contribution in [3.05, 3.63) is 30.3 Å². The number of carbonyl (C=O) groups is 2. The van der Waals surface area contributed by atoms with Crippen LogP contribution in [0.3, 0.4) is 0 Å². The van der Waals surface area contributed by atoms with E-state index in [0.717, 1.165) is 39.0 Å². The minimum atomic E-state index is -0.522. The van der Waals surface area contributed by atoms with E-state index >= 15 is 0 Å². The summed E-state index contributed by atoms with van der Waals surface area (Å²) in [5.41, 5.74) is 0.714. The van der Waals surface area contributed by atoms with Gasteiger partial charge in [0.1, 0.15) is 6.04 Å². The standard InChI is InChI=1S/C17H24N4O2/c1-13(18-17(23)19-14-5-3-2-4-6-14)16(22)21-12-11-20-9-7-15(21)8-10-20/h2-6,13,15H,7-12H2,1H3,(H2,18,19,23)/t13-/m1/s1. The summed E-state index contributed by atoms with van der Waals surface area (Å²) in [6.07, 6.45) is 2.07. The maximum absolute atomic E-state index is 12.7. The fourth-order valence-electron chi connectivity index (χ4n) is 3.37. The normalized spacial score (nSPS) is 24.7. The average molecular weight is 316 g/mol. The Hall–Kier alpha value is -2.08. The number of rotatable bonds is 3. The van der Waals surface area contributed by atoms with Crippen molar-refractivity contribution in [2.45, 2.75) is 31.8 Å². The maximum atomic E-state index is 12.7. The number of carbonyl (C=O) groups excluding carboxylic acids is 2. The summed E-state index contributed by atoms with van der Waals surface area (Å²) in [6, 6.07) is 8.68. The quantitative estimate of drug-likeness (QED) is 0.888. The second-order valence-electron chi connectivity index (χ2n) is 6.29. The number of para-hydroxylation sites is 1. The number of piperidine rings is 1. The Balaban J connectivity index is 1.55. The average Bonchev–Trinajstić information content (AvgIpc) is 2.88. The van der Waals surface area contributed by atoms with E-state index in [9.17, 15) is 9.59 Å². The molecular formula is C17H24N4O2. The Kier molecular flexibility index (Phi) is 4.81. The molecule has 2 bridgehead atoms. The van der Waals surface area contributed by atoms with Crippen LogP contribution in [0.2, 0.25) is 0 Å². The zero-order valence-electron chi connectivity index (χ0n) is 13.5. The zero-order chi connectivity index (χ0) is 16.2. The van der Waals surface area contributed by atoms with Crippen LogP contribution in [0.4, 0.5) is 10.5 Å². The first-order valence-electron chi connectivity index (χ1n) is 8.29. The number of benzene rings is 1. The minimum absolute atomic E-state index is 0.0157. The lowest BCUT2D eigenvalue weighted by atomic mass is 10.0. The lowest BCUT2D eigenvalue weighted by Crippen LogP contribution is -2.51. The Morgan fingerprint density at radius 2 is 1.78 bits per heavy atom. The summed E-state index contributed by atoms with van der Waals surface area (Å²) < 4.78 is 0. The first-order valence-corrected chi connectivity index (χ1v) is 8.29. The van der Waals surface area contributed by atoms with Gasteiger partial charge in [0.25, 0.3) is 0 Å². The van der Waals surface area contributed by atoms with Gasteiger partial charge in [-0.15, -0.1) is 0 Å². The first-order chi connectivity index (χ1) is 11.1. The lowest BCUT2D eigenvalue weighted by Gasteiger charge is -2.33. The molecule has 3 aliphatic rings.